The highest BCUT2D eigenvalue weighted by atomic mass is 32.1. The van der Waals surface area contributed by atoms with Gasteiger partial charge < -0.3 is 15.2 Å². The summed E-state index contributed by atoms with van der Waals surface area (Å²) in [6.07, 6.45) is 0.681. The zero-order chi connectivity index (χ0) is 19.2. The zero-order valence-corrected chi connectivity index (χ0v) is 16.0. The highest BCUT2D eigenvalue weighted by molar-refractivity contribution is 7.18. The van der Waals surface area contributed by atoms with Crippen LogP contribution in [0, 0.1) is 6.92 Å². The summed E-state index contributed by atoms with van der Waals surface area (Å²) in [6.45, 7) is 2.46. The van der Waals surface area contributed by atoms with Gasteiger partial charge in [-0.1, -0.05) is 17.3 Å². The van der Waals surface area contributed by atoms with E-state index in [9.17, 15) is 9.59 Å². The van der Waals surface area contributed by atoms with E-state index in [1.807, 2.05) is 24.3 Å². The van der Waals surface area contributed by atoms with Crippen molar-refractivity contribution >= 4 is 39.2 Å². The van der Waals surface area contributed by atoms with Crippen molar-refractivity contribution in [1.82, 2.24) is 20.4 Å². The average molecular weight is 387 g/mol. The number of anilines is 1. The number of likely N-dealkylation sites (N-methyl/N-ethyl adjacent to an activating group) is 1. The molecule has 9 heteroatoms. The first-order valence-corrected chi connectivity index (χ1v) is 9.34. The van der Waals surface area contributed by atoms with Crippen LogP contribution in [0.25, 0.3) is 10.2 Å². The lowest BCUT2D eigenvalue weighted by molar-refractivity contribution is -0.122. The zero-order valence-electron chi connectivity index (χ0n) is 15.2. The molecule has 0 radical (unpaired) electrons. The Morgan fingerprint density at radius 3 is 2.74 bits per heavy atom. The number of hydrogen-bond acceptors (Lipinski definition) is 7. The van der Waals surface area contributed by atoms with Crippen LogP contribution in [0.3, 0.4) is 0 Å². The van der Waals surface area contributed by atoms with Crippen LogP contribution in [-0.2, 0) is 16.0 Å². The molecule has 0 spiro atoms. The van der Waals surface area contributed by atoms with Gasteiger partial charge >= 0.3 is 0 Å². The van der Waals surface area contributed by atoms with Gasteiger partial charge in [0, 0.05) is 19.0 Å². The van der Waals surface area contributed by atoms with Gasteiger partial charge in [0.15, 0.2) is 5.82 Å². The number of para-hydroxylation sites is 1. The second-order valence-corrected chi connectivity index (χ2v) is 7.33. The van der Waals surface area contributed by atoms with Crippen LogP contribution in [0.2, 0.25) is 0 Å². The molecule has 27 heavy (non-hydrogen) atoms. The maximum Gasteiger partial charge on any atom is 0.239 e. The van der Waals surface area contributed by atoms with Gasteiger partial charge in [0.1, 0.15) is 5.76 Å². The van der Waals surface area contributed by atoms with Crippen molar-refractivity contribution in [3.63, 3.8) is 0 Å². The highest BCUT2D eigenvalue weighted by Crippen LogP contribution is 2.21. The van der Waals surface area contributed by atoms with Crippen LogP contribution in [0.15, 0.2) is 34.9 Å². The Balaban J connectivity index is 1.37. The third kappa shape index (κ3) is 5.60. The molecule has 0 bridgehead atoms. The van der Waals surface area contributed by atoms with Gasteiger partial charge in [-0.25, -0.2) is 4.98 Å². The highest BCUT2D eigenvalue weighted by Gasteiger charge is 2.12. The first kappa shape index (κ1) is 19.0. The second-order valence-electron chi connectivity index (χ2n) is 6.22. The molecular weight excluding hydrogens is 366 g/mol. The molecule has 0 unspecified atom stereocenters. The van der Waals surface area contributed by atoms with Crippen LogP contribution >= 0.6 is 11.3 Å². The molecule has 2 N–H and O–H groups in total. The Hall–Kier alpha value is -2.78. The summed E-state index contributed by atoms with van der Waals surface area (Å²) in [5, 5.41) is 10.2. The molecular formula is C18H21N5O3S. The summed E-state index contributed by atoms with van der Waals surface area (Å²) < 4.78 is 6.03. The molecule has 0 saturated carbocycles. The van der Waals surface area contributed by atoms with Crippen LogP contribution in [0.1, 0.15) is 10.8 Å². The van der Waals surface area contributed by atoms with Crippen molar-refractivity contribution in [2.45, 2.75) is 13.3 Å². The van der Waals surface area contributed by atoms with Crippen molar-refractivity contribution in [2.24, 2.45) is 0 Å². The minimum absolute atomic E-state index is 0.0806. The van der Waals surface area contributed by atoms with Crippen molar-refractivity contribution in [1.29, 1.82) is 0 Å². The second kappa shape index (κ2) is 8.74. The molecule has 142 valence electrons. The van der Waals surface area contributed by atoms with Crippen molar-refractivity contribution in [2.75, 3.05) is 32.0 Å². The van der Waals surface area contributed by atoms with E-state index >= 15 is 0 Å². The molecule has 0 fully saturated rings. The summed E-state index contributed by atoms with van der Waals surface area (Å²) in [5.41, 5.74) is 0.983. The van der Waals surface area contributed by atoms with E-state index in [1.165, 1.54) is 0 Å². The number of fused-ring (bicyclic) bond motifs is 1. The number of aromatic nitrogens is 2. The van der Waals surface area contributed by atoms with Gasteiger partial charge in [0.05, 0.1) is 28.3 Å². The molecule has 0 aliphatic heterocycles. The number of carbonyl (C=O) groups is 2. The molecule has 0 aliphatic carbocycles. The molecule has 0 saturated heterocycles. The lowest BCUT2D eigenvalue weighted by Gasteiger charge is -2.15. The minimum Gasteiger partial charge on any atom is -0.360 e. The number of hydrogen-bond donors (Lipinski definition) is 2. The molecule has 0 aliphatic rings. The molecule has 0 atom stereocenters. The van der Waals surface area contributed by atoms with Gasteiger partial charge in [-0.2, -0.15) is 0 Å². The topological polar surface area (TPSA) is 100 Å². The van der Waals surface area contributed by atoms with Gasteiger partial charge in [-0.15, -0.1) is 11.3 Å². The maximum absolute atomic E-state index is 12.0. The number of rotatable bonds is 8. The average Bonchev–Trinajstić information content (AvgIpc) is 3.19. The standard InChI is InChI=1S/C18H21N5O3S/c1-12-9-15(22-26-12)21-17(25)11-23(2)10-16(24)19-8-7-18-20-13-5-3-4-6-14(13)27-18/h3-6,9H,7-8,10-11H2,1-2H3,(H,19,24)(H,21,22,25). The maximum atomic E-state index is 12.0. The Labute approximate surface area is 160 Å². The summed E-state index contributed by atoms with van der Waals surface area (Å²) in [7, 11) is 1.71. The summed E-state index contributed by atoms with van der Waals surface area (Å²) in [6, 6.07) is 9.60. The van der Waals surface area contributed by atoms with Gasteiger partial charge in [0.2, 0.25) is 11.8 Å². The molecule has 8 nitrogen and oxygen atoms in total. The van der Waals surface area contributed by atoms with Gasteiger partial charge in [-0.3, -0.25) is 14.5 Å². The molecule has 2 heterocycles. The third-order valence-corrected chi connectivity index (χ3v) is 4.82. The van der Waals surface area contributed by atoms with E-state index < -0.39 is 0 Å². The predicted molar refractivity (Wildman–Crippen MR) is 104 cm³/mol. The third-order valence-electron chi connectivity index (χ3n) is 3.72. The fraction of sp³-hybridized carbons (Fsp3) is 0.333. The van der Waals surface area contributed by atoms with Crippen molar-refractivity contribution < 1.29 is 14.1 Å². The summed E-state index contributed by atoms with van der Waals surface area (Å²) in [5.74, 6) is 0.592. The smallest absolute Gasteiger partial charge is 0.239 e. The quantitative estimate of drug-likeness (QED) is 0.612. The molecule has 3 aromatic rings. The number of aryl methyl sites for hydroxylation is 1. The van der Waals surface area contributed by atoms with Crippen LogP contribution in [0.4, 0.5) is 5.82 Å². The van der Waals surface area contributed by atoms with E-state index in [2.05, 4.69) is 20.8 Å². The number of thiazole rings is 1. The summed E-state index contributed by atoms with van der Waals surface area (Å²) in [4.78, 5) is 30.1. The van der Waals surface area contributed by atoms with Crippen molar-refractivity contribution in [3.05, 3.63) is 41.1 Å². The molecule has 2 amide bonds. The lowest BCUT2D eigenvalue weighted by Crippen LogP contribution is -2.39. The van der Waals surface area contributed by atoms with E-state index in [-0.39, 0.29) is 24.9 Å². The van der Waals surface area contributed by atoms with E-state index in [1.54, 1.807) is 36.3 Å². The first-order chi connectivity index (χ1) is 13.0. The Morgan fingerprint density at radius 2 is 2.00 bits per heavy atom. The number of nitrogens with one attached hydrogen (secondary N) is 2. The van der Waals surface area contributed by atoms with E-state index in [4.69, 9.17) is 4.52 Å². The monoisotopic (exact) mass is 387 g/mol. The predicted octanol–water partition coefficient (Wildman–Crippen LogP) is 1.82. The number of nitrogens with zero attached hydrogens (tertiary/aromatic N) is 3. The fourth-order valence-corrected chi connectivity index (χ4v) is 3.51. The Morgan fingerprint density at radius 1 is 1.22 bits per heavy atom. The van der Waals surface area contributed by atoms with Gasteiger partial charge in [-0.05, 0) is 26.1 Å². The largest absolute Gasteiger partial charge is 0.360 e. The molecule has 3 rings (SSSR count). The summed E-state index contributed by atoms with van der Waals surface area (Å²) >= 11 is 1.63. The van der Waals surface area contributed by atoms with Crippen LogP contribution in [0.5, 0.6) is 0 Å². The van der Waals surface area contributed by atoms with Crippen LogP contribution < -0.4 is 10.6 Å². The van der Waals surface area contributed by atoms with E-state index in [0.29, 0.717) is 24.5 Å². The van der Waals surface area contributed by atoms with Gasteiger partial charge in [0.25, 0.3) is 0 Å². The normalized spacial score (nSPS) is 11.1. The molecule has 2 aromatic heterocycles. The number of carbonyl (C=O) groups excluding carboxylic acids is 2. The van der Waals surface area contributed by atoms with Crippen LogP contribution in [-0.4, -0.2) is 53.5 Å². The lowest BCUT2D eigenvalue weighted by atomic mass is 10.3. The fourth-order valence-electron chi connectivity index (χ4n) is 2.55. The van der Waals surface area contributed by atoms with Crippen molar-refractivity contribution in [3.8, 4) is 0 Å². The molecule has 1 aromatic carbocycles. The van der Waals surface area contributed by atoms with E-state index in [0.717, 1.165) is 15.2 Å². The SMILES string of the molecule is Cc1cc(NC(=O)CN(C)CC(=O)NCCc2nc3ccccc3s2)no1. The first-order valence-electron chi connectivity index (χ1n) is 8.52. The number of amides is 2. The Bertz CT molecular complexity index is 903. The number of benzene rings is 1. The minimum atomic E-state index is -0.256. The Kier molecular flexibility index (Phi) is 6.15.